The maximum atomic E-state index is 9.28. The number of furan rings is 1. The molecule has 230 valence electrons. The molecule has 2 aromatic heterocycles. The maximum Gasteiger partial charge on any atom is 0.164 e. The van der Waals surface area contributed by atoms with Crippen molar-refractivity contribution in [3.63, 3.8) is 0 Å². The first-order chi connectivity index (χ1) is 28.8. The maximum absolute atomic E-state index is 9.28. The number of hydrogen-bond donors (Lipinski definition) is 0. The van der Waals surface area contributed by atoms with Crippen LogP contribution in [0.5, 0.6) is 0 Å². The molecular weight excluding hydrogens is 599 g/mol. The lowest BCUT2D eigenvalue weighted by atomic mass is 9.97. The van der Waals surface area contributed by atoms with E-state index >= 15 is 0 Å². The van der Waals surface area contributed by atoms with Gasteiger partial charge in [-0.3, -0.25) is 0 Å². The summed E-state index contributed by atoms with van der Waals surface area (Å²) in [5.41, 5.74) is 3.79. The SMILES string of the molecule is [2H]c1c([2H])c([2H])c(-c2c([2H])c([2H])c([2H])c3oc4c([2H])c([2H])c([2H])c(-c5nc(-c6ccccc6)nc(-c6ccc(-c7ccc(-c8ccccc8)cc7)cc6)n5)c4c23)c([2H])c1[2H]. The smallest absolute Gasteiger partial charge is 0.164 e. The Bertz CT molecular complexity index is 3170. The molecule has 0 aliphatic carbocycles. The van der Waals surface area contributed by atoms with Crippen molar-refractivity contribution in [1.82, 2.24) is 15.0 Å². The molecular formula is C45H29N3O. The number of hydrogen-bond acceptors (Lipinski definition) is 4. The summed E-state index contributed by atoms with van der Waals surface area (Å²) in [4.78, 5) is 14.4. The summed E-state index contributed by atoms with van der Waals surface area (Å²) in [5.74, 6) is 0.290. The summed E-state index contributed by atoms with van der Waals surface area (Å²) in [7, 11) is 0. The average Bonchev–Trinajstić information content (AvgIpc) is 3.68. The van der Waals surface area contributed by atoms with Crippen LogP contribution in [0.25, 0.3) is 89.5 Å². The van der Waals surface area contributed by atoms with Crippen LogP contribution in [0.4, 0.5) is 0 Å². The van der Waals surface area contributed by atoms with Crippen molar-refractivity contribution in [2.75, 3.05) is 0 Å². The van der Waals surface area contributed by atoms with Gasteiger partial charge in [-0.2, -0.15) is 0 Å². The third-order valence-electron chi connectivity index (χ3n) is 8.24. The molecule has 2 heterocycles. The van der Waals surface area contributed by atoms with Crippen LogP contribution >= 0.6 is 0 Å². The summed E-state index contributed by atoms with van der Waals surface area (Å²) in [6, 6.07) is 28.1. The molecule has 0 spiro atoms. The fourth-order valence-corrected chi connectivity index (χ4v) is 5.87. The molecule has 0 amide bonds. The fraction of sp³-hybridized carbons (Fsp3) is 0. The van der Waals surface area contributed by atoms with Crippen LogP contribution in [-0.2, 0) is 0 Å². The van der Waals surface area contributed by atoms with Gasteiger partial charge in [0, 0.05) is 27.5 Å². The second-order valence-electron chi connectivity index (χ2n) is 11.2. The third kappa shape index (κ3) is 5.35. The molecule has 4 nitrogen and oxygen atoms in total. The zero-order valence-electron chi connectivity index (χ0n) is 36.6. The van der Waals surface area contributed by atoms with Crippen molar-refractivity contribution in [3.8, 4) is 67.5 Å². The summed E-state index contributed by atoms with van der Waals surface area (Å²) in [6.45, 7) is 0. The van der Waals surface area contributed by atoms with E-state index in [9.17, 15) is 1.37 Å². The van der Waals surface area contributed by atoms with Crippen LogP contribution in [0, 0.1) is 0 Å². The van der Waals surface area contributed by atoms with Gasteiger partial charge in [-0.15, -0.1) is 0 Å². The molecule has 0 bridgehead atoms. The molecule has 0 aliphatic rings. The van der Waals surface area contributed by atoms with Gasteiger partial charge in [0.15, 0.2) is 17.5 Å². The van der Waals surface area contributed by atoms with E-state index in [-0.39, 0.29) is 50.5 Å². The van der Waals surface area contributed by atoms with E-state index in [1.165, 1.54) is 0 Å². The average molecular weight is 639 g/mol. The predicted molar refractivity (Wildman–Crippen MR) is 200 cm³/mol. The topological polar surface area (TPSA) is 51.8 Å². The molecule has 0 unspecified atom stereocenters. The van der Waals surface area contributed by atoms with Gasteiger partial charge in [-0.1, -0.05) is 164 Å². The van der Waals surface area contributed by atoms with E-state index in [0.29, 0.717) is 11.1 Å². The molecule has 0 saturated heterocycles. The zero-order chi connectivity index (χ0) is 42.1. The lowest BCUT2D eigenvalue weighted by Crippen LogP contribution is -2.00. The summed E-state index contributed by atoms with van der Waals surface area (Å²) >= 11 is 0. The van der Waals surface area contributed by atoms with Crippen molar-refractivity contribution < 1.29 is 19.5 Å². The molecule has 0 fully saturated rings. The van der Waals surface area contributed by atoms with E-state index in [4.69, 9.17) is 33.1 Å². The van der Waals surface area contributed by atoms with Crippen LogP contribution in [0.2, 0.25) is 0 Å². The highest BCUT2D eigenvalue weighted by molar-refractivity contribution is 6.17. The number of fused-ring (bicyclic) bond motifs is 3. The molecule has 0 radical (unpaired) electrons. The van der Waals surface area contributed by atoms with Crippen LogP contribution in [0.15, 0.2) is 180 Å². The Labute approximate surface area is 299 Å². The Kier molecular flexibility index (Phi) is 4.78. The number of nitrogens with zero attached hydrogens (tertiary/aromatic N) is 3. The Balaban J connectivity index is 1.30. The normalized spacial score (nSPS) is 14.4. The molecule has 0 saturated carbocycles. The van der Waals surface area contributed by atoms with E-state index in [0.717, 1.165) is 22.3 Å². The van der Waals surface area contributed by atoms with Crippen molar-refractivity contribution in [2.45, 2.75) is 0 Å². The van der Waals surface area contributed by atoms with Crippen LogP contribution in [0.3, 0.4) is 0 Å². The minimum atomic E-state index is -0.686. The third-order valence-corrected chi connectivity index (χ3v) is 8.24. The summed E-state index contributed by atoms with van der Waals surface area (Å²) < 4.78 is 102. The molecule has 49 heavy (non-hydrogen) atoms. The quantitative estimate of drug-likeness (QED) is 0.182. The highest BCUT2D eigenvalue weighted by atomic mass is 16.3. The second-order valence-corrected chi connectivity index (χ2v) is 11.2. The summed E-state index contributed by atoms with van der Waals surface area (Å²) in [5, 5.41) is -0.248. The van der Waals surface area contributed by atoms with Gasteiger partial charge < -0.3 is 4.42 Å². The lowest BCUT2D eigenvalue weighted by Gasteiger charge is -2.11. The molecule has 9 rings (SSSR count). The monoisotopic (exact) mass is 638 g/mol. The number of rotatable bonds is 6. The van der Waals surface area contributed by atoms with Gasteiger partial charge in [0.2, 0.25) is 0 Å². The molecule has 9 aromatic rings. The lowest BCUT2D eigenvalue weighted by molar-refractivity contribution is 0.669. The second kappa shape index (κ2) is 12.2. The van der Waals surface area contributed by atoms with Gasteiger partial charge in [-0.05, 0) is 45.5 Å². The van der Waals surface area contributed by atoms with Crippen molar-refractivity contribution in [2.24, 2.45) is 0 Å². The van der Waals surface area contributed by atoms with Gasteiger partial charge in [0.1, 0.15) is 11.2 Å². The van der Waals surface area contributed by atoms with E-state index in [1.807, 2.05) is 60.7 Å². The van der Waals surface area contributed by atoms with Gasteiger partial charge in [0.05, 0.1) is 15.1 Å². The van der Waals surface area contributed by atoms with Crippen LogP contribution in [-0.4, -0.2) is 15.0 Å². The Morgan fingerprint density at radius 1 is 0.347 bits per heavy atom. The largest absolute Gasteiger partial charge is 0.456 e. The van der Waals surface area contributed by atoms with Crippen molar-refractivity contribution in [3.05, 3.63) is 176 Å². The predicted octanol–water partition coefficient (Wildman–Crippen LogP) is 11.8. The molecule has 0 N–H and O–H groups in total. The Morgan fingerprint density at radius 3 is 1.35 bits per heavy atom. The van der Waals surface area contributed by atoms with E-state index in [2.05, 4.69) is 24.3 Å². The first kappa shape index (κ1) is 19.2. The van der Waals surface area contributed by atoms with Crippen molar-refractivity contribution >= 4 is 21.9 Å². The van der Waals surface area contributed by atoms with Crippen LogP contribution < -0.4 is 0 Å². The van der Waals surface area contributed by atoms with Crippen LogP contribution in [0.1, 0.15) is 15.1 Å². The van der Waals surface area contributed by atoms with Gasteiger partial charge in [-0.25, -0.2) is 15.0 Å². The van der Waals surface area contributed by atoms with Gasteiger partial charge in [0.25, 0.3) is 0 Å². The summed E-state index contributed by atoms with van der Waals surface area (Å²) in [6.07, 6.45) is 0. The highest BCUT2D eigenvalue weighted by Gasteiger charge is 2.20. The Morgan fingerprint density at radius 2 is 0.776 bits per heavy atom. The molecule has 0 atom stereocenters. The Hall–Kier alpha value is -6.65. The zero-order valence-corrected chi connectivity index (χ0v) is 25.6. The van der Waals surface area contributed by atoms with E-state index in [1.54, 1.807) is 24.3 Å². The first-order valence-corrected chi connectivity index (χ1v) is 15.5. The highest BCUT2D eigenvalue weighted by Crippen LogP contribution is 2.41. The number of benzene rings is 7. The molecule has 7 aromatic carbocycles. The van der Waals surface area contributed by atoms with Crippen molar-refractivity contribution in [1.29, 1.82) is 0 Å². The number of aromatic nitrogens is 3. The first-order valence-electron chi connectivity index (χ1n) is 21.0. The minimum absolute atomic E-state index is 0.0923. The standard InChI is InChI=1S/C45H29N3O/c1-4-12-30(13-5-1)31-22-24-32(25-23-31)33-26-28-36(29-27-33)44-46-43(35-16-8-3-9-17-35)47-45(48-44)38-19-11-21-40-42(38)41-37(18-10-20-39(41)49-40)34-14-6-2-7-15-34/h1-29H/i2D,6D,7D,10D,11D,14D,15D,18D,19D,20D,21D. The molecule has 0 aliphatic heterocycles. The van der Waals surface area contributed by atoms with E-state index < -0.39 is 72.0 Å². The van der Waals surface area contributed by atoms with Gasteiger partial charge >= 0.3 is 0 Å². The fourth-order valence-electron chi connectivity index (χ4n) is 5.87. The molecule has 4 heteroatoms. The minimum Gasteiger partial charge on any atom is -0.456 e.